The Kier molecular flexibility index (Phi) is 7.51. The number of thiazole rings is 1. The van der Waals surface area contributed by atoms with Crippen LogP contribution in [0.5, 0.6) is 0 Å². The summed E-state index contributed by atoms with van der Waals surface area (Å²) in [6.07, 6.45) is 4.94. The Morgan fingerprint density at radius 1 is 0.970 bits per heavy atom. The summed E-state index contributed by atoms with van der Waals surface area (Å²) in [5, 5.41) is 12.4. The molecule has 3 aromatic rings. The Bertz CT molecular complexity index is 1070. The molecule has 1 aromatic carbocycles. The molecule has 0 aliphatic carbocycles. The molecule has 1 saturated heterocycles. The van der Waals surface area contributed by atoms with Crippen LogP contribution in [0.2, 0.25) is 0 Å². The molecule has 1 aliphatic heterocycles. The van der Waals surface area contributed by atoms with Gasteiger partial charge in [0.2, 0.25) is 0 Å². The number of anilines is 2. The first kappa shape index (κ1) is 22.7. The number of benzene rings is 1. The van der Waals surface area contributed by atoms with Crippen LogP contribution in [-0.2, 0) is 17.6 Å². The number of amides is 1. The van der Waals surface area contributed by atoms with Crippen molar-refractivity contribution in [1.82, 2.24) is 15.3 Å². The minimum Gasteiger partial charge on any atom is -0.481 e. The van der Waals surface area contributed by atoms with Crippen molar-refractivity contribution >= 4 is 34.0 Å². The maximum absolute atomic E-state index is 12.8. The zero-order chi connectivity index (χ0) is 23.0. The van der Waals surface area contributed by atoms with E-state index in [4.69, 9.17) is 10.1 Å². The molecule has 0 radical (unpaired) electrons. The van der Waals surface area contributed by atoms with Crippen molar-refractivity contribution in [2.75, 3.05) is 42.5 Å². The Morgan fingerprint density at radius 2 is 1.67 bits per heavy atom. The average molecular weight is 466 g/mol. The molecule has 1 amide bonds. The number of rotatable bonds is 9. The van der Waals surface area contributed by atoms with E-state index >= 15 is 0 Å². The third-order valence-electron chi connectivity index (χ3n) is 5.59. The van der Waals surface area contributed by atoms with Crippen LogP contribution in [0.15, 0.2) is 54.9 Å². The van der Waals surface area contributed by atoms with Gasteiger partial charge in [0, 0.05) is 50.8 Å². The number of aryl methyl sites for hydroxylation is 2. The van der Waals surface area contributed by atoms with Gasteiger partial charge in [-0.05, 0) is 30.5 Å². The quantitative estimate of drug-likeness (QED) is 0.501. The lowest BCUT2D eigenvalue weighted by molar-refractivity contribution is -0.136. The molecule has 2 aromatic heterocycles. The molecule has 3 heterocycles. The van der Waals surface area contributed by atoms with Crippen molar-refractivity contribution in [2.45, 2.75) is 19.3 Å². The topological polar surface area (TPSA) is 98.7 Å². The average Bonchev–Trinajstić information content (AvgIpc) is 3.28. The number of aromatic nitrogens is 2. The number of nitrogens with one attached hydrogen (secondary N) is 1. The van der Waals surface area contributed by atoms with E-state index in [-0.39, 0.29) is 18.9 Å². The van der Waals surface area contributed by atoms with Crippen LogP contribution in [0.1, 0.15) is 27.3 Å². The molecule has 0 saturated carbocycles. The van der Waals surface area contributed by atoms with E-state index in [0.717, 1.165) is 49.1 Å². The fourth-order valence-electron chi connectivity index (χ4n) is 3.80. The van der Waals surface area contributed by atoms with Gasteiger partial charge in [-0.1, -0.05) is 41.7 Å². The number of carboxylic acids is 1. The zero-order valence-electron chi connectivity index (χ0n) is 18.3. The molecule has 1 aliphatic rings. The van der Waals surface area contributed by atoms with Crippen LogP contribution in [-0.4, -0.2) is 59.7 Å². The number of nitrogens with zero attached hydrogens (tertiary/aromatic N) is 4. The van der Waals surface area contributed by atoms with Gasteiger partial charge in [-0.2, -0.15) is 0 Å². The van der Waals surface area contributed by atoms with Crippen molar-refractivity contribution < 1.29 is 14.7 Å². The predicted molar refractivity (Wildman–Crippen MR) is 129 cm³/mol. The number of carbonyl (C=O) groups is 2. The van der Waals surface area contributed by atoms with Crippen molar-refractivity contribution in [3.63, 3.8) is 0 Å². The van der Waals surface area contributed by atoms with Crippen molar-refractivity contribution in [1.29, 1.82) is 0 Å². The molecular formula is C24H27N5O3S. The number of pyridine rings is 1. The second-order valence-corrected chi connectivity index (χ2v) is 8.81. The number of carbonyl (C=O) groups excluding carboxylic acids is 1. The lowest BCUT2D eigenvalue weighted by atomic mass is 10.1. The van der Waals surface area contributed by atoms with E-state index in [1.54, 1.807) is 12.4 Å². The summed E-state index contributed by atoms with van der Waals surface area (Å²) in [5.41, 5.74) is 3.12. The summed E-state index contributed by atoms with van der Waals surface area (Å²) < 4.78 is 0. The monoisotopic (exact) mass is 465 g/mol. The van der Waals surface area contributed by atoms with Crippen LogP contribution in [0.25, 0.3) is 0 Å². The summed E-state index contributed by atoms with van der Waals surface area (Å²) in [6, 6.07) is 14.2. The molecule has 8 nitrogen and oxygen atoms in total. The van der Waals surface area contributed by atoms with Crippen LogP contribution < -0.4 is 15.1 Å². The molecule has 4 rings (SSSR count). The normalized spacial score (nSPS) is 13.7. The third kappa shape index (κ3) is 6.07. The molecule has 0 bridgehead atoms. The Morgan fingerprint density at radius 3 is 2.36 bits per heavy atom. The summed E-state index contributed by atoms with van der Waals surface area (Å²) in [5.74, 6) is -1.19. The van der Waals surface area contributed by atoms with Gasteiger partial charge in [0.1, 0.15) is 4.88 Å². The standard InChI is InChI=1S/C24H27N5O3S/c30-21(31)10-13-26-23(32)22-20(7-6-18-4-2-1-3-5-18)27-24(33-22)29-16-14-28(15-17-29)19-8-11-25-12-9-19/h1-5,8-9,11-12H,6-7,10,13-17H2,(H,26,32)(H,30,31). The first-order valence-electron chi connectivity index (χ1n) is 11.0. The van der Waals surface area contributed by atoms with Gasteiger partial charge in [-0.15, -0.1) is 0 Å². The number of aliphatic carboxylic acids is 1. The number of piperazine rings is 1. The zero-order valence-corrected chi connectivity index (χ0v) is 19.1. The summed E-state index contributed by atoms with van der Waals surface area (Å²) in [7, 11) is 0. The fourth-order valence-corrected chi connectivity index (χ4v) is 4.88. The van der Waals surface area contributed by atoms with Gasteiger partial charge in [0.05, 0.1) is 12.1 Å². The molecule has 9 heteroatoms. The highest BCUT2D eigenvalue weighted by Crippen LogP contribution is 2.29. The summed E-state index contributed by atoms with van der Waals surface area (Å²) >= 11 is 1.39. The van der Waals surface area contributed by atoms with Crippen LogP contribution in [0, 0.1) is 0 Å². The van der Waals surface area contributed by atoms with Crippen molar-refractivity contribution in [2.24, 2.45) is 0 Å². The molecule has 172 valence electrons. The third-order valence-corrected chi connectivity index (χ3v) is 6.75. The predicted octanol–water partition coefficient (Wildman–Crippen LogP) is 2.85. The van der Waals surface area contributed by atoms with Crippen LogP contribution >= 0.6 is 11.3 Å². The van der Waals surface area contributed by atoms with Crippen LogP contribution in [0.3, 0.4) is 0 Å². The largest absolute Gasteiger partial charge is 0.481 e. The van der Waals surface area contributed by atoms with E-state index < -0.39 is 5.97 Å². The molecular weight excluding hydrogens is 438 g/mol. The number of hydrogen-bond acceptors (Lipinski definition) is 7. The Balaban J connectivity index is 1.46. The molecule has 0 unspecified atom stereocenters. The van der Waals surface area contributed by atoms with E-state index in [1.807, 2.05) is 30.3 Å². The van der Waals surface area contributed by atoms with Gasteiger partial charge in [0.25, 0.3) is 5.91 Å². The summed E-state index contributed by atoms with van der Waals surface area (Å²) in [6.45, 7) is 3.46. The van der Waals surface area contributed by atoms with Gasteiger partial charge < -0.3 is 20.2 Å². The SMILES string of the molecule is O=C(O)CCNC(=O)c1sc(N2CCN(c3ccncc3)CC2)nc1CCc1ccccc1. The molecule has 2 N–H and O–H groups in total. The van der Waals surface area contributed by atoms with Crippen molar-refractivity contribution in [3.05, 3.63) is 71.0 Å². The first-order valence-corrected chi connectivity index (χ1v) is 11.9. The minimum atomic E-state index is -0.934. The van der Waals surface area contributed by atoms with E-state index in [0.29, 0.717) is 11.3 Å². The lowest BCUT2D eigenvalue weighted by Crippen LogP contribution is -2.46. The highest BCUT2D eigenvalue weighted by atomic mass is 32.1. The molecule has 0 atom stereocenters. The maximum Gasteiger partial charge on any atom is 0.305 e. The highest BCUT2D eigenvalue weighted by Gasteiger charge is 2.24. The van der Waals surface area contributed by atoms with Crippen LogP contribution in [0.4, 0.5) is 10.8 Å². The van der Waals surface area contributed by atoms with E-state index in [2.05, 4.69) is 32.2 Å². The minimum absolute atomic E-state index is 0.101. The Hall–Kier alpha value is -3.46. The lowest BCUT2D eigenvalue weighted by Gasteiger charge is -2.35. The van der Waals surface area contributed by atoms with Gasteiger partial charge in [-0.3, -0.25) is 14.6 Å². The van der Waals surface area contributed by atoms with E-state index in [9.17, 15) is 9.59 Å². The first-order chi connectivity index (χ1) is 16.1. The summed E-state index contributed by atoms with van der Waals surface area (Å²) in [4.78, 5) is 37.7. The molecule has 0 spiro atoms. The second-order valence-electron chi connectivity index (χ2n) is 7.84. The number of hydrogen-bond donors (Lipinski definition) is 2. The van der Waals surface area contributed by atoms with E-state index in [1.165, 1.54) is 16.9 Å². The smallest absolute Gasteiger partial charge is 0.305 e. The fraction of sp³-hybridized carbons (Fsp3) is 0.333. The molecule has 33 heavy (non-hydrogen) atoms. The van der Waals surface area contributed by atoms with Crippen molar-refractivity contribution in [3.8, 4) is 0 Å². The maximum atomic E-state index is 12.8. The number of carboxylic acid groups (broad SMARTS) is 1. The van der Waals surface area contributed by atoms with Gasteiger partial charge in [0.15, 0.2) is 5.13 Å². The Labute approximate surface area is 196 Å². The highest BCUT2D eigenvalue weighted by molar-refractivity contribution is 7.17. The molecule has 1 fully saturated rings. The van der Waals surface area contributed by atoms with Gasteiger partial charge in [-0.25, -0.2) is 4.98 Å². The van der Waals surface area contributed by atoms with Gasteiger partial charge >= 0.3 is 5.97 Å². The second kappa shape index (κ2) is 10.9.